The number of aromatic nitrogens is 6. The van der Waals surface area contributed by atoms with Crippen LogP contribution in [0.5, 0.6) is 0 Å². The second-order valence-electron chi connectivity index (χ2n) is 9.62. The quantitative estimate of drug-likeness (QED) is 0.205. The van der Waals surface area contributed by atoms with Gasteiger partial charge in [-0.05, 0) is 59.0 Å². The van der Waals surface area contributed by atoms with Crippen LogP contribution in [-0.2, 0) is 13.1 Å². The molecule has 3 heterocycles. The summed E-state index contributed by atoms with van der Waals surface area (Å²) in [7, 11) is 0. The van der Waals surface area contributed by atoms with Crippen molar-refractivity contribution >= 4 is 50.6 Å². The van der Waals surface area contributed by atoms with E-state index in [0.717, 1.165) is 51.2 Å². The molecule has 0 bridgehead atoms. The van der Waals surface area contributed by atoms with Crippen LogP contribution in [0, 0.1) is 6.92 Å². The Morgan fingerprint density at radius 2 is 1.88 bits per heavy atom. The minimum Gasteiger partial charge on any atom is -0.366 e. The van der Waals surface area contributed by atoms with Crippen molar-refractivity contribution in [2.24, 2.45) is 0 Å². The molecule has 2 N–H and O–H groups in total. The molecule has 11 heteroatoms. The Bertz CT molecular complexity index is 1820. The molecular weight excluding hydrogens is 604 g/mol. The summed E-state index contributed by atoms with van der Waals surface area (Å²) in [5.74, 6) is 0.518. The van der Waals surface area contributed by atoms with E-state index in [1.54, 1.807) is 17.6 Å². The summed E-state index contributed by atoms with van der Waals surface area (Å²) < 4.78 is 2.54. The molecule has 0 radical (unpaired) electrons. The van der Waals surface area contributed by atoms with Crippen molar-refractivity contribution in [1.29, 1.82) is 0 Å². The topological polar surface area (TPSA) is 102 Å². The first-order valence-corrected chi connectivity index (χ1v) is 14.3. The highest BCUT2D eigenvalue weighted by molar-refractivity contribution is 9.10. The van der Waals surface area contributed by atoms with Gasteiger partial charge in [0, 0.05) is 29.7 Å². The van der Waals surface area contributed by atoms with E-state index in [2.05, 4.69) is 60.1 Å². The van der Waals surface area contributed by atoms with E-state index in [-0.39, 0.29) is 5.91 Å². The number of anilines is 1. The molecule has 1 aliphatic rings. The van der Waals surface area contributed by atoms with Crippen molar-refractivity contribution in [1.82, 2.24) is 34.9 Å². The molecule has 0 unspecified atom stereocenters. The first-order valence-electron chi connectivity index (χ1n) is 13.2. The molecule has 2 aromatic carbocycles. The van der Waals surface area contributed by atoms with Gasteiger partial charge in [0.05, 0.1) is 27.8 Å². The number of halogens is 2. The average Bonchev–Trinajstić information content (AvgIpc) is 3.58. The van der Waals surface area contributed by atoms with Crippen LogP contribution in [0.15, 0.2) is 83.5 Å². The van der Waals surface area contributed by atoms with E-state index in [0.29, 0.717) is 35.1 Å². The predicted octanol–water partition coefficient (Wildman–Crippen LogP) is 6.45. The largest absolute Gasteiger partial charge is 0.366 e. The van der Waals surface area contributed by atoms with Crippen LogP contribution >= 0.6 is 27.5 Å². The van der Waals surface area contributed by atoms with Gasteiger partial charge in [-0.3, -0.25) is 4.79 Å². The normalized spacial score (nSPS) is 12.9. The highest BCUT2D eigenvalue weighted by Gasteiger charge is 2.17. The van der Waals surface area contributed by atoms with Gasteiger partial charge in [-0.2, -0.15) is 19.5 Å². The van der Waals surface area contributed by atoms with Gasteiger partial charge in [0.2, 0.25) is 0 Å². The van der Waals surface area contributed by atoms with E-state index in [9.17, 15) is 4.79 Å². The SMILES string of the molecule is Cc1nn(C2=CCCC=C2)nc1C(=O)NCc1cccc(CNc2cc(-c3ccccc3Cl)nc3c(Br)cnn23)c1. The molecule has 9 nitrogen and oxygen atoms in total. The minimum absolute atomic E-state index is 0.256. The first kappa shape index (κ1) is 26.9. The third-order valence-corrected chi connectivity index (χ3v) is 7.59. The monoisotopic (exact) mass is 628 g/mol. The van der Waals surface area contributed by atoms with Crippen LogP contribution < -0.4 is 10.6 Å². The van der Waals surface area contributed by atoms with Crippen molar-refractivity contribution < 1.29 is 4.79 Å². The lowest BCUT2D eigenvalue weighted by Crippen LogP contribution is -2.24. The fourth-order valence-electron chi connectivity index (χ4n) is 4.63. The minimum atomic E-state index is -0.256. The summed E-state index contributed by atoms with van der Waals surface area (Å²) in [6.45, 7) is 2.70. The molecule has 1 aliphatic carbocycles. The van der Waals surface area contributed by atoms with E-state index in [1.807, 2.05) is 54.6 Å². The zero-order chi connectivity index (χ0) is 28.3. The Morgan fingerprint density at radius 1 is 1.05 bits per heavy atom. The van der Waals surface area contributed by atoms with E-state index in [1.165, 1.54) is 4.80 Å². The Hall–Kier alpha value is -4.28. The standard InChI is InChI=1S/C30H26BrClN8O/c1-19-28(38-40(37-19)22-10-3-2-4-11-22)30(41)34-17-21-9-7-8-20(14-21)16-33-27-15-26(23-12-5-6-13-25(23)32)36-29-24(31)18-35-39(27)29/h3,5-15,18,33H,2,4,16-17H2,1H3,(H,34,41). The van der Waals surface area contributed by atoms with Crippen molar-refractivity contribution in [2.45, 2.75) is 32.9 Å². The number of benzene rings is 2. The van der Waals surface area contributed by atoms with E-state index >= 15 is 0 Å². The maximum absolute atomic E-state index is 12.9. The van der Waals surface area contributed by atoms with Crippen LogP contribution in [-0.4, -0.2) is 35.5 Å². The maximum Gasteiger partial charge on any atom is 0.274 e. The molecule has 0 fully saturated rings. The number of allylic oxidation sites excluding steroid dienone is 4. The lowest BCUT2D eigenvalue weighted by molar-refractivity contribution is 0.0945. The average molecular weight is 630 g/mol. The molecule has 206 valence electrons. The Labute approximate surface area is 250 Å². The van der Waals surface area contributed by atoms with E-state index < -0.39 is 0 Å². The summed E-state index contributed by atoms with van der Waals surface area (Å²) >= 11 is 10.0. The molecule has 1 amide bonds. The molecule has 3 aromatic heterocycles. The lowest BCUT2D eigenvalue weighted by Gasteiger charge is -2.12. The number of fused-ring (bicyclic) bond motifs is 1. The summed E-state index contributed by atoms with van der Waals surface area (Å²) in [4.78, 5) is 19.2. The van der Waals surface area contributed by atoms with Gasteiger partial charge in [0.1, 0.15) is 5.82 Å². The summed E-state index contributed by atoms with van der Waals surface area (Å²) in [6, 6.07) is 17.6. The molecule has 0 saturated heterocycles. The Morgan fingerprint density at radius 3 is 2.68 bits per heavy atom. The number of carbonyl (C=O) groups is 1. The third-order valence-electron chi connectivity index (χ3n) is 6.70. The lowest BCUT2D eigenvalue weighted by atomic mass is 10.1. The number of carbonyl (C=O) groups excluding carboxylic acids is 1. The molecule has 0 atom stereocenters. The molecule has 6 rings (SSSR count). The second kappa shape index (κ2) is 11.7. The number of hydrogen-bond donors (Lipinski definition) is 2. The van der Waals surface area contributed by atoms with Gasteiger partial charge < -0.3 is 10.6 Å². The Balaban J connectivity index is 1.15. The van der Waals surface area contributed by atoms with Crippen LogP contribution in [0.25, 0.3) is 22.6 Å². The fraction of sp³-hybridized carbons (Fsp3) is 0.167. The van der Waals surface area contributed by atoms with Crippen LogP contribution in [0.4, 0.5) is 5.82 Å². The molecule has 5 aromatic rings. The number of aryl methyl sites for hydroxylation is 1. The van der Waals surface area contributed by atoms with Crippen molar-refractivity contribution in [2.75, 3.05) is 5.32 Å². The highest BCUT2D eigenvalue weighted by atomic mass is 79.9. The van der Waals surface area contributed by atoms with Gasteiger partial charge in [-0.1, -0.05) is 66.2 Å². The van der Waals surface area contributed by atoms with Gasteiger partial charge >= 0.3 is 0 Å². The van der Waals surface area contributed by atoms with Crippen LogP contribution in [0.1, 0.15) is 40.2 Å². The molecule has 0 spiro atoms. The first-order chi connectivity index (χ1) is 20.0. The molecule has 0 aliphatic heterocycles. The van der Waals surface area contributed by atoms with Gasteiger partial charge in [0.25, 0.3) is 5.91 Å². The number of amides is 1. The van der Waals surface area contributed by atoms with Gasteiger partial charge in [0.15, 0.2) is 11.3 Å². The smallest absolute Gasteiger partial charge is 0.274 e. The third kappa shape index (κ3) is 5.79. The summed E-state index contributed by atoms with van der Waals surface area (Å²) in [5, 5.41) is 20.4. The van der Waals surface area contributed by atoms with Crippen molar-refractivity contribution in [3.05, 3.63) is 111 Å². The number of rotatable bonds is 8. The number of nitrogens with one attached hydrogen (secondary N) is 2. The second-order valence-corrected chi connectivity index (χ2v) is 10.9. The summed E-state index contributed by atoms with van der Waals surface area (Å²) in [5.41, 5.74) is 6.08. The van der Waals surface area contributed by atoms with Crippen molar-refractivity contribution in [3.63, 3.8) is 0 Å². The van der Waals surface area contributed by atoms with Crippen LogP contribution in [0.3, 0.4) is 0 Å². The molecular formula is C30H26BrClN8O. The van der Waals surface area contributed by atoms with Gasteiger partial charge in [-0.25, -0.2) is 4.98 Å². The summed E-state index contributed by atoms with van der Waals surface area (Å²) in [6.07, 6.45) is 9.79. The number of hydrogen-bond acceptors (Lipinski definition) is 6. The fourth-order valence-corrected chi connectivity index (χ4v) is 5.21. The maximum atomic E-state index is 12.9. The van der Waals surface area contributed by atoms with Crippen molar-refractivity contribution in [3.8, 4) is 11.3 Å². The zero-order valence-electron chi connectivity index (χ0n) is 22.2. The predicted molar refractivity (Wildman–Crippen MR) is 163 cm³/mol. The van der Waals surface area contributed by atoms with E-state index in [4.69, 9.17) is 16.6 Å². The van der Waals surface area contributed by atoms with Gasteiger partial charge in [-0.15, -0.1) is 5.10 Å². The zero-order valence-corrected chi connectivity index (χ0v) is 24.5. The highest BCUT2D eigenvalue weighted by Crippen LogP contribution is 2.30. The molecule has 41 heavy (non-hydrogen) atoms. The number of nitrogens with zero attached hydrogens (tertiary/aromatic N) is 6. The molecule has 0 saturated carbocycles. The van der Waals surface area contributed by atoms with Crippen LogP contribution in [0.2, 0.25) is 5.02 Å². The Kier molecular flexibility index (Phi) is 7.67.